The predicted octanol–water partition coefficient (Wildman–Crippen LogP) is 1.25. The molecular weight excluding hydrogens is 133 g/mol. The molecule has 1 atom stereocenters. The Labute approximate surface area is 50.1 Å². The van der Waals surface area contributed by atoms with Gasteiger partial charge in [0.05, 0.1) is 0 Å². The zero-order valence-corrected chi connectivity index (χ0v) is 4.44. The second-order valence-electron chi connectivity index (χ2n) is 1.36. The van der Waals surface area contributed by atoms with E-state index in [0.717, 1.165) is 0 Å². The van der Waals surface area contributed by atoms with Gasteiger partial charge in [-0.2, -0.15) is 13.2 Å². The Hall–Kier alpha value is -0.730. The maximum atomic E-state index is 11.3. The van der Waals surface area contributed by atoms with Crippen LogP contribution >= 0.6 is 0 Å². The molecule has 0 radical (unpaired) electrons. The van der Waals surface area contributed by atoms with Gasteiger partial charge in [-0.3, -0.25) is 0 Å². The second kappa shape index (κ2) is 2.71. The van der Waals surface area contributed by atoms with Crippen LogP contribution in [0.4, 0.5) is 13.2 Å². The summed E-state index contributed by atoms with van der Waals surface area (Å²) in [5.41, 5.74) is 1.83. The fraction of sp³-hybridized carbons (Fsp3) is 0.400. The van der Waals surface area contributed by atoms with Crippen LogP contribution < -0.4 is 0 Å². The molecular formula is C5H5F3O. The zero-order chi connectivity index (χ0) is 7.49. The van der Waals surface area contributed by atoms with E-state index in [4.69, 9.17) is 5.11 Å². The van der Waals surface area contributed by atoms with E-state index in [1.54, 1.807) is 0 Å². The molecule has 9 heavy (non-hydrogen) atoms. The molecule has 4 heteroatoms. The molecule has 0 heterocycles. The molecule has 0 rings (SSSR count). The number of hydrogen-bond donors (Lipinski definition) is 1. The topological polar surface area (TPSA) is 20.2 Å². The summed E-state index contributed by atoms with van der Waals surface area (Å²) in [5.74, 6) is 0. The van der Waals surface area contributed by atoms with E-state index in [9.17, 15) is 13.2 Å². The Balaban J connectivity index is 4.03. The summed E-state index contributed by atoms with van der Waals surface area (Å²) in [7, 11) is 0. The average molecular weight is 138 g/mol. The van der Waals surface area contributed by atoms with Gasteiger partial charge in [0.2, 0.25) is 0 Å². The summed E-state index contributed by atoms with van der Waals surface area (Å²) in [6, 6.07) is 0. The largest absolute Gasteiger partial charge is 0.418 e. The lowest BCUT2D eigenvalue weighted by atomic mass is 10.3. The molecule has 0 saturated heterocycles. The first-order valence-electron chi connectivity index (χ1n) is 2.09. The predicted molar refractivity (Wildman–Crippen MR) is 25.8 cm³/mol. The highest BCUT2D eigenvalue weighted by atomic mass is 19.4. The number of halogens is 3. The first-order chi connectivity index (χ1) is 3.98. The molecule has 0 amide bonds. The maximum absolute atomic E-state index is 11.3. The van der Waals surface area contributed by atoms with Crippen molar-refractivity contribution in [3.05, 3.63) is 18.4 Å². The summed E-state index contributed by atoms with van der Waals surface area (Å²) >= 11 is 0. The van der Waals surface area contributed by atoms with Crippen molar-refractivity contribution < 1.29 is 18.3 Å². The molecule has 0 aliphatic carbocycles. The highest BCUT2D eigenvalue weighted by molar-refractivity contribution is 4.88. The Morgan fingerprint density at radius 1 is 1.56 bits per heavy atom. The SMILES string of the molecule is C=C=CC(O)C(F)(F)F. The third-order valence-electron chi connectivity index (χ3n) is 0.611. The van der Waals surface area contributed by atoms with Crippen LogP contribution in [-0.4, -0.2) is 17.4 Å². The van der Waals surface area contributed by atoms with Crippen molar-refractivity contribution in [1.82, 2.24) is 0 Å². The smallest absolute Gasteiger partial charge is 0.379 e. The number of aliphatic hydroxyl groups is 1. The van der Waals surface area contributed by atoms with Crippen molar-refractivity contribution in [3.63, 3.8) is 0 Å². The van der Waals surface area contributed by atoms with Crippen LogP contribution in [0.25, 0.3) is 0 Å². The van der Waals surface area contributed by atoms with Crippen LogP contribution in [0, 0.1) is 0 Å². The minimum absolute atomic E-state index is 0.444. The maximum Gasteiger partial charge on any atom is 0.418 e. The number of hydrogen-bond acceptors (Lipinski definition) is 1. The van der Waals surface area contributed by atoms with Gasteiger partial charge < -0.3 is 5.11 Å². The number of aliphatic hydroxyl groups excluding tert-OH is 1. The van der Waals surface area contributed by atoms with Gasteiger partial charge in [0.1, 0.15) is 0 Å². The lowest BCUT2D eigenvalue weighted by molar-refractivity contribution is -0.187. The minimum Gasteiger partial charge on any atom is -0.379 e. The molecule has 0 aliphatic heterocycles. The summed E-state index contributed by atoms with van der Waals surface area (Å²) < 4.78 is 33.9. The van der Waals surface area contributed by atoms with Crippen molar-refractivity contribution in [2.24, 2.45) is 0 Å². The van der Waals surface area contributed by atoms with E-state index in [-0.39, 0.29) is 0 Å². The van der Waals surface area contributed by atoms with Gasteiger partial charge in [-0.05, 0) is 6.08 Å². The van der Waals surface area contributed by atoms with Crippen LogP contribution in [0.3, 0.4) is 0 Å². The Bertz CT molecular complexity index is 132. The van der Waals surface area contributed by atoms with Gasteiger partial charge in [-0.15, -0.1) is 5.73 Å². The lowest BCUT2D eigenvalue weighted by Crippen LogP contribution is -2.25. The first kappa shape index (κ1) is 8.27. The molecule has 1 N–H and O–H groups in total. The van der Waals surface area contributed by atoms with Gasteiger partial charge in [0.15, 0.2) is 6.10 Å². The fourth-order valence-electron chi connectivity index (χ4n) is 0.206. The van der Waals surface area contributed by atoms with Gasteiger partial charge in [-0.25, -0.2) is 0 Å². The molecule has 0 saturated carbocycles. The molecule has 0 bridgehead atoms. The summed E-state index contributed by atoms with van der Waals surface area (Å²) in [5, 5.41) is 8.10. The molecule has 0 aromatic rings. The van der Waals surface area contributed by atoms with Crippen molar-refractivity contribution in [2.45, 2.75) is 12.3 Å². The van der Waals surface area contributed by atoms with Gasteiger partial charge in [0, 0.05) is 0 Å². The van der Waals surface area contributed by atoms with E-state index >= 15 is 0 Å². The fourth-order valence-corrected chi connectivity index (χ4v) is 0.206. The third kappa shape index (κ3) is 2.95. The average Bonchev–Trinajstić information content (AvgIpc) is 1.64. The van der Waals surface area contributed by atoms with E-state index in [1.807, 2.05) is 5.73 Å². The van der Waals surface area contributed by atoms with Crippen molar-refractivity contribution in [3.8, 4) is 0 Å². The van der Waals surface area contributed by atoms with E-state index in [0.29, 0.717) is 6.08 Å². The lowest BCUT2D eigenvalue weighted by Gasteiger charge is -2.07. The monoisotopic (exact) mass is 138 g/mol. The zero-order valence-electron chi connectivity index (χ0n) is 4.44. The highest BCUT2D eigenvalue weighted by Gasteiger charge is 2.36. The van der Waals surface area contributed by atoms with Crippen molar-refractivity contribution >= 4 is 0 Å². The second-order valence-corrected chi connectivity index (χ2v) is 1.36. The van der Waals surface area contributed by atoms with Crippen LogP contribution in [0.5, 0.6) is 0 Å². The van der Waals surface area contributed by atoms with Gasteiger partial charge in [0.25, 0.3) is 0 Å². The summed E-state index contributed by atoms with van der Waals surface area (Å²) in [4.78, 5) is 0. The normalized spacial score (nSPS) is 14.2. The van der Waals surface area contributed by atoms with Crippen molar-refractivity contribution in [1.29, 1.82) is 0 Å². The molecule has 0 fully saturated rings. The van der Waals surface area contributed by atoms with Crippen molar-refractivity contribution in [2.75, 3.05) is 0 Å². The number of rotatable bonds is 1. The van der Waals surface area contributed by atoms with Gasteiger partial charge >= 0.3 is 6.18 Å². The van der Waals surface area contributed by atoms with Crippen LogP contribution in [0.1, 0.15) is 0 Å². The molecule has 0 spiro atoms. The molecule has 52 valence electrons. The summed E-state index contributed by atoms with van der Waals surface area (Å²) in [6.45, 7) is 2.87. The minimum atomic E-state index is -4.59. The molecule has 0 aromatic heterocycles. The molecule has 0 aromatic carbocycles. The Kier molecular flexibility index (Phi) is 2.49. The molecule has 1 unspecified atom stereocenters. The standard InChI is InChI=1S/C5H5F3O/c1-2-3-4(9)5(6,7)8/h3-4,9H,1H2. The highest BCUT2D eigenvalue weighted by Crippen LogP contribution is 2.19. The van der Waals surface area contributed by atoms with Crippen LogP contribution in [0.15, 0.2) is 18.4 Å². The number of alkyl halides is 3. The van der Waals surface area contributed by atoms with E-state index in [2.05, 4.69) is 6.58 Å². The molecule has 0 aliphatic rings. The first-order valence-corrected chi connectivity index (χ1v) is 2.09. The van der Waals surface area contributed by atoms with Crippen LogP contribution in [-0.2, 0) is 0 Å². The van der Waals surface area contributed by atoms with Crippen LogP contribution in [0.2, 0.25) is 0 Å². The van der Waals surface area contributed by atoms with E-state index < -0.39 is 12.3 Å². The summed E-state index contributed by atoms with van der Waals surface area (Å²) in [6.07, 6.45) is -6.58. The Morgan fingerprint density at radius 3 is 2.11 bits per heavy atom. The van der Waals surface area contributed by atoms with Gasteiger partial charge in [-0.1, -0.05) is 6.58 Å². The quantitative estimate of drug-likeness (QED) is 0.540. The van der Waals surface area contributed by atoms with E-state index in [1.165, 1.54) is 0 Å². The third-order valence-corrected chi connectivity index (χ3v) is 0.611. The Morgan fingerprint density at radius 2 is 2.00 bits per heavy atom. The molecule has 1 nitrogen and oxygen atoms in total.